The molecule has 0 atom stereocenters. The van der Waals surface area contributed by atoms with Crippen LogP contribution in [0.25, 0.3) is 10.9 Å². The molecule has 1 aromatic carbocycles. The fourth-order valence-corrected chi connectivity index (χ4v) is 2.14. The van der Waals surface area contributed by atoms with Crippen LogP contribution in [0.2, 0.25) is 0 Å². The quantitative estimate of drug-likeness (QED) is 0.820. The summed E-state index contributed by atoms with van der Waals surface area (Å²) in [6, 6.07) is 6.83. The smallest absolute Gasteiger partial charge is 0.415 e. The molecule has 0 aliphatic carbocycles. The Balaban J connectivity index is 0.000000422. The van der Waals surface area contributed by atoms with Crippen molar-refractivity contribution in [2.24, 2.45) is 5.73 Å². The molecule has 0 amide bonds. The van der Waals surface area contributed by atoms with Crippen LogP contribution in [0, 0.1) is 0 Å². The Morgan fingerprint density at radius 3 is 2.41 bits per heavy atom. The summed E-state index contributed by atoms with van der Waals surface area (Å²) < 4.78 is 1.12. The molecule has 0 fully saturated rings. The van der Waals surface area contributed by atoms with Crippen LogP contribution in [0.15, 0.2) is 30.5 Å². The van der Waals surface area contributed by atoms with Crippen molar-refractivity contribution in [3.05, 3.63) is 36.0 Å². The van der Waals surface area contributed by atoms with Crippen LogP contribution in [0.5, 0.6) is 0 Å². The highest BCUT2D eigenvalue weighted by atomic mass is 16.4. The van der Waals surface area contributed by atoms with E-state index in [2.05, 4.69) is 6.92 Å². The minimum Gasteiger partial charge on any atom is -0.464 e. The Morgan fingerprint density at radius 2 is 1.91 bits per heavy atom. The number of unbranched alkanes of at least 4 members (excludes halogenated alkanes) is 1. The van der Waals surface area contributed by atoms with Crippen molar-refractivity contribution in [1.29, 1.82) is 0 Å². The second-order valence-corrected chi connectivity index (χ2v) is 5.02. The van der Waals surface area contributed by atoms with E-state index in [0.29, 0.717) is 22.9 Å². The SMILES string of the molecule is CCCC(=O)c1cccc2c1ccn2C(=O)O.CCCCN. The number of carbonyl (C=O) groups excluding carboxylic acids is 1. The van der Waals surface area contributed by atoms with Crippen molar-refractivity contribution < 1.29 is 14.7 Å². The Labute approximate surface area is 130 Å². The first-order valence-corrected chi connectivity index (χ1v) is 7.63. The number of hydrogen-bond acceptors (Lipinski definition) is 3. The number of nitrogens with two attached hydrogens (primary N) is 1. The van der Waals surface area contributed by atoms with Gasteiger partial charge >= 0.3 is 6.09 Å². The second kappa shape index (κ2) is 9.00. The van der Waals surface area contributed by atoms with Crippen molar-refractivity contribution in [2.75, 3.05) is 6.54 Å². The van der Waals surface area contributed by atoms with Crippen LogP contribution in [0.1, 0.15) is 49.9 Å². The lowest BCUT2D eigenvalue weighted by Crippen LogP contribution is -2.06. The Hall–Kier alpha value is -2.14. The molecule has 0 saturated heterocycles. The Kier molecular flexibility index (Phi) is 7.32. The number of benzene rings is 1. The lowest BCUT2D eigenvalue weighted by molar-refractivity contribution is 0.0983. The molecule has 3 N–H and O–H groups in total. The van der Waals surface area contributed by atoms with Gasteiger partial charge in [-0.3, -0.25) is 9.36 Å². The van der Waals surface area contributed by atoms with Crippen LogP contribution < -0.4 is 5.73 Å². The third kappa shape index (κ3) is 4.43. The number of carbonyl (C=O) groups is 2. The molecule has 0 aliphatic heterocycles. The van der Waals surface area contributed by atoms with Gasteiger partial charge in [0.15, 0.2) is 5.78 Å². The molecule has 0 unspecified atom stereocenters. The molecular formula is C17H24N2O3. The van der Waals surface area contributed by atoms with Crippen molar-refractivity contribution in [2.45, 2.75) is 39.5 Å². The molecule has 1 heterocycles. The normalized spacial score (nSPS) is 10.1. The van der Waals surface area contributed by atoms with E-state index in [1.807, 2.05) is 6.92 Å². The van der Waals surface area contributed by atoms with Gasteiger partial charge in [-0.25, -0.2) is 4.79 Å². The monoisotopic (exact) mass is 304 g/mol. The van der Waals surface area contributed by atoms with Gasteiger partial charge < -0.3 is 10.8 Å². The zero-order chi connectivity index (χ0) is 16.5. The van der Waals surface area contributed by atoms with Gasteiger partial charge in [-0.1, -0.05) is 32.4 Å². The predicted octanol–water partition coefficient (Wildman–Crippen LogP) is 3.90. The van der Waals surface area contributed by atoms with E-state index in [1.165, 1.54) is 19.0 Å². The minimum atomic E-state index is -1.04. The van der Waals surface area contributed by atoms with Crippen LogP contribution in [-0.2, 0) is 0 Å². The van der Waals surface area contributed by atoms with E-state index in [9.17, 15) is 9.59 Å². The molecule has 0 saturated carbocycles. The fraction of sp³-hybridized carbons (Fsp3) is 0.412. The summed E-state index contributed by atoms with van der Waals surface area (Å²) in [6.45, 7) is 4.92. The zero-order valence-electron chi connectivity index (χ0n) is 13.2. The average Bonchev–Trinajstić information content (AvgIpc) is 2.93. The number of carboxylic acid groups (broad SMARTS) is 1. The molecule has 1 aromatic heterocycles. The van der Waals surface area contributed by atoms with Crippen molar-refractivity contribution in [1.82, 2.24) is 4.57 Å². The highest BCUT2D eigenvalue weighted by Gasteiger charge is 2.13. The molecule has 2 aromatic rings. The maximum atomic E-state index is 11.9. The summed E-state index contributed by atoms with van der Waals surface area (Å²) >= 11 is 0. The molecular weight excluding hydrogens is 280 g/mol. The summed E-state index contributed by atoms with van der Waals surface area (Å²) in [5, 5.41) is 9.68. The van der Waals surface area contributed by atoms with Gasteiger partial charge in [0.25, 0.3) is 0 Å². The number of aromatic nitrogens is 1. The Bertz CT molecular complexity index is 630. The van der Waals surface area contributed by atoms with Crippen LogP contribution in [0.4, 0.5) is 4.79 Å². The first kappa shape index (κ1) is 17.9. The van der Waals surface area contributed by atoms with Crippen LogP contribution in [-0.4, -0.2) is 28.1 Å². The van der Waals surface area contributed by atoms with Gasteiger partial charge in [-0.2, -0.15) is 0 Å². The third-order valence-corrected chi connectivity index (χ3v) is 3.27. The molecule has 0 bridgehead atoms. The minimum absolute atomic E-state index is 0.0567. The van der Waals surface area contributed by atoms with E-state index in [0.717, 1.165) is 17.5 Å². The first-order chi connectivity index (χ1) is 10.6. The van der Waals surface area contributed by atoms with Gasteiger partial charge in [0.05, 0.1) is 5.52 Å². The van der Waals surface area contributed by atoms with Crippen molar-refractivity contribution in [3.8, 4) is 0 Å². The van der Waals surface area contributed by atoms with Gasteiger partial charge in [0, 0.05) is 23.6 Å². The summed E-state index contributed by atoms with van der Waals surface area (Å²) in [5.74, 6) is 0.0567. The largest absolute Gasteiger partial charge is 0.464 e. The first-order valence-electron chi connectivity index (χ1n) is 7.63. The van der Waals surface area contributed by atoms with Gasteiger partial charge in [0.1, 0.15) is 0 Å². The van der Waals surface area contributed by atoms with Gasteiger partial charge in [-0.15, -0.1) is 0 Å². The molecule has 22 heavy (non-hydrogen) atoms. The molecule has 0 aliphatic rings. The maximum Gasteiger partial charge on any atom is 0.415 e. The van der Waals surface area contributed by atoms with Gasteiger partial charge in [-0.05, 0) is 31.5 Å². The summed E-state index contributed by atoms with van der Waals surface area (Å²) in [5.41, 5.74) is 6.30. The van der Waals surface area contributed by atoms with Crippen molar-refractivity contribution in [3.63, 3.8) is 0 Å². The third-order valence-electron chi connectivity index (χ3n) is 3.27. The molecule has 120 valence electrons. The second-order valence-electron chi connectivity index (χ2n) is 5.02. The molecule has 5 nitrogen and oxygen atoms in total. The summed E-state index contributed by atoms with van der Waals surface area (Å²) in [7, 11) is 0. The van der Waals surface area contributed by atoms with E-state index in [-0.39, 0.29) is 5.78 Å². The standard InChI is InChI=1S/C13H13NO3.C4H11N/c1-2-4-12(15)10-5-3-6-11-9(10)7-8-14(11)13(16)17;1-2-3-4-5/h3,5-8H,2,4H2,1H3,(H,16,17);2-5H2,1H3. The number of hydrogen-bond donors (Lipinski definition) is 2. The van der Waals surface area contributed by atoms with Crippen LogP contribution in [0.3, 0.4) is 0 Å². The highest BCUT2D eigenvalue weighted by Crippen LogP contribution is 2.21. The number of rotatable bonds is 5. The van der Waals surface area contributed by atoms with E-state index in [1.54, 1.807) is 24.3 Å². The predicted molar refractivity (Wildman–Crippen MR) is 88.6 cm³/mol. The van der Waals surface area contributed by atoms with Crippen molar-refractivity contribution >= 4 is 22.8 Å². The maximum absolute atomic E-state index is 11.9. The fourth-order valence-electron chi connectivity index (χ4n) is 2.14. The summed E-state index contributed by atoms with van der Waals surface area (Å²) in [4.78, 5) is 22.8. The lowest BCUT2D eigenvalue weighted by Gasteiger charge is -2.02. The number of nitrogens with zero attached hydrogens (tertiary/aromatic N) is 1. The number of fused-ring (bicyclic) bond motifs is 1. The molecule has 2 rings (SSSR count). The zero-order valence-corrected chi connectivity index (χ0v) is 13.2. The average molecular weight is 304 g/mol. The van der Waals surface area contributed by atoms with E-state index in [4.69, 9.17) is 10.8 Å². The van der Waals surface area contributed by atoms with E-state index >= 15 is 0 Å². The molecule has 0 spiro atoms. The number of Topliss-reactive ketones (excluding diaryl/α,β-unsaturated/α-hetero) is 1. The summed E-state index contributed by atoms with van der Waals surface area (Å²) in [6.07, 6.45) is 4.08. The molecule has 0 radical (unpaired) electrons. The van der Waals surface area contributed by atoms with Gasteiger partial charge in [0.2, 0.25) is 0 Å². The Morgan fingerprint density at radius 1 is 1.18 bits per heavy atom. The topological polar surface area (TPSA) is 85.3 Å². The molecule has 5 heteroatoms. The van der Waals surface area contributed by atoms with E-state index < -0.39 is 6.09 Å². The lowest BCUT2D eigenvalue weighted by atomic mass is 10.0. The van der Waals surface area contributed by atoms with Crippen LogP contribution >= 0.6 is 0 Å². The highest BCUT2D eigenvalue weighted by molar-refractivity contribution is 6.08. The number of ketones is 1.